The van der Waals surface area contributed by atoms with E-state index in [1.165, 1.54) is 11.8 Å². The number of hydrogen-bond donors (Lipinski definition) is 1. The van der Waals surface area contributed by atoms with E-state index in [1.807, 2.05) is 47.2 Å². The van der Waals surface area contributed by atoms with E-state index in [0.29, 0.717) is 5.02 Å². The number of ketones is 1. The lowest BCUT2D eigenvalue weighted by Crippen LogP contribution is -2.57. The molecule has 0 aliphatic carbocycles. The molecule has 0 saturated carbocycles. The molecule has 2 unspecified atom stereocenters. The first-order valence-electron chi connectivity index (χ1n) is 11.5. The van der Waals surface area contributed by atoms with Crippen LogP contribution in [0.3, 0.4) is 0 Å². The third kappa shape index (κ3) is 4.71. The average molecular weight is 522 g/mol. The SMILES string of the molecule is N#CC1CCN(c2ccc(C3(c4ccsc4)CC(=O)C(Sc4ccccc4Cl)C(=O)N3)cc2)CC1. The number of benzene rings is 2. The largest absolute Gasteiger partial charge is 0.371 e. The third-order valence-corrected chi connectivity index (χ3v) is 9.25. The van der Waals surface area contributed by atoms with E-state index in [1.54, 1.807) is 17.4 Å². The summed E-state index contributed by atoms with van der Waals surface area (Å²) in [4.78, 5) is 29.8. The minimum absolute atomic E-state index is 0.118. The Morgan fingerprint density at radius 3 is 2.43 bits per heavy atom. The maximum absolute atomic E-state index is 13.4. The Morgan fingerprint density at radius 2 is 1.80 bits per heavy atom. The Bertz CT molecular complexity index is 1240. The number of piperidine rings is 2. The van der Waals surface area contributed by atoms with Crippen molar-refractivity contribution in [2.75, 3.05) is 18.0 Å². The van der Waals surface area contributed by atoms with Crippen LogP contribution in [0.2, 0.25) is 5.02 Å². The van der Waals surface area contributed by atoms with Crippen LogP contribution in [0.4, 0.5) is 5.69 Å². The molecule has 0 radical (unpaired) electrons. The normalized spacial score (nSPS) is 23.1. The van der Waals surface area contributed by atoms with Gasteiger partial charge in [0.15, 0.2) is 5.78 Å². The van der Waals surface area contributed by atoms with Crippen molar-refractivity contribution in [1.82, 2.24) is 5.32 Å². The molecule has 2 fully saturated rings. The van der Waals surface area contributed by atoms with Gasteiger partial charge in [-0.3, -0.25) is 9.59 Å². The highest BCUT2D eigenvalue weighted by atomic mass is 35.5. The predicted octanol–water partition coefficient (Wildman–Crippen LogP) is 5.63. The number of Topliss-reactive ketones (excluding diaryl/α,β-unsaturated/α-hetero) is 1. The van der Waals surface area contributed by atoms with Gasteiger partial charge in [-0.25, -0.2) is 0 Å². The molecule has 2 atom stereocenters. The highest BCUT2D eigenvalue weighted by molar-refractivity contribution is 8.01. The minimum Gasteiger partial charge on any atom is -0.371 e. The summed E-state index contributed by atoms with van der Waals surface area (Å²) in [5, 5.41) is 16.0. The number of nitrogens with zero attached hydrogens (tertiary/aromatic N) is 2. The van der Waals surface area contributed by atoms with Crippen molar-refractivity contribution in [1.29, 1.82) is 5.26 Å². The lowest BCUT2D eigenvalue weighted by atomic mass is 9.77. The topological polar surface area (TPSA) is 73.2 Å². The Hall–Kier alpha value is -2.79. The van der Waals surface area contributed by atoms with Crippen molar-refractivity contribution in [3.8, 4) is 6.07 Å². The van der Waals surface area contributed by atoms with Crippen molar-refractivity contribution in [2.24, 2.45) is 5.92 Å². The number of rotatable bonds is 5. The van der Waals surface area contributed by atoms with Gasteiger partial charge in [-0.05, 0) is 65.1 Å². The molecule has 5 rings (SSSR count). The van der Waals surface area contributed by atoms with Crippen molar-refractivity contribution in [3.05, 3.63) is 81.5 Å². The zero-order valence-corrected chi connectivity index (χ0v) is 21.3. The van der Waals surface area contributed by atoms with Crippen LogP contribution < -0.4 is 10.2 Å². The summed E-state index contributed by atoms with van der Waals surface area (Å²) < 4.78 is 0. The molecule has 1 aromatic heterocycles. The summed E-state index contributed by atoms with van der Waals surface area (Å²) >= 11 is 9.03. The average Bonchev–Trinajstić information content (AvgIpc) is 3.43. The van der Waals surface area contributed by atoms with Crippen molar-refractivity contribution < 1.29 is 9.59 Å². The second-order valence-corrected chi connectivity index (χ2v) is 11.2. The first-order chi connectivity index (χ1) is 17.0. The first kappa shape index (κ1) is 23.9. The van der Waals surface area contributed by atoms with Crippen LogP contribution in [0.5, 0.6) is 0 Å². The van der Waals surface area contributed by atoms with E-state index >= 15 is 0 Å². The molecule has 2 aliphatic heterocycles. The molecule has 178 valence electrons. The molecule has 0 bridgehead atoms. The molecule has 0 spiro atoms. The summed E-state index contributed by atoms with van der Waals surface area (Å²) in [5.74, 6) is -0.292. The van der Waals surface area contributed by atoms with Gasteiger partial charge in [0, 0.05) is 36.0 Å². The molecule has 3 aromatic rings. The van der Waals surface area contributed by atoms with Crippen molar-refractivity contribution in [2.45, 2.75) is 34.9 Å². The fraction of sp³-hybridized carbons (Fsp3) is 0.296. The van der Waals surface area contributed by atoms with Gasteiger partial charge in [-0.1, -0.05) is 35.9 Å². The van der Waals surface area contributed by atoms with Crippen LogP contribution in [-0.2, 0) is 15.1 Å². The van der Waals surface area contributed by atoms with Crippen LogP contribution in [0.15, 0.2) is 70.3 Å². The van der Waals surface area contributed by atoms with Gasteiger partial charge in [0.25, 0.3) is 0 Å². The fourth-order valence-corrected chi connectivity index (χ4v) is 6.82. The van der Waals surface area contributed by atoms with E-state index in [-0.39, 0.29) is 24.0 Å². The molecule has 35 heavy (non-hydrogen) atoms. The quantitative estimate of drug-likeness (QED) is 0.440. The molecule has 2 saturated heterocycles. The Morgan fingerprint density at radius 1 is 1.06 bits per heavy atom. The molecular weight excluding hydrogens is 498 g/mol. The van der Waals surface area contributed by atoms with E-state index < -0.39 is 10.8 Å². The van der Waals surface area contributed by atoms with Gasteiger partial charge < -0.3 is 10.2 Å². The predicted molar refractivity (Wildman–Crippen MR) is 141 cm³/mol. The lowest BCUT2D eigenvalue weighted by Gasteiger charge is -2.40. The minimum atomic E-state index is -0.905. The lowest BCUT2D eigenvalue weighted by molar-refractivity contribution is -0.132. The zero-order valence-electron chi connectivity index (χ0n) is 18.9. The molecule has 1 amide bonds. The highest BCUT2D eigenvalue weighted by Crippen LogP contribution is 2.42. The summed E-state index contributed by atoms with van der Waals surface area (Å²) in [6.07, 6.45) is 1.91. The Labute approximate surface area is 218 Å². The van der Waals surface area contributed by atoms with Gasteiger partial charge in [0.1, 0.15) is 5.25 Å². The number of thioether (sulfide) groups is 1. The smallest absolute Gasteiger partial charge is 0.242 e. The molecule has 2 aliphatic rings. The number of anilines is 1. The number of halogens is 1. The maximum atomic E-state index is 13.4. The monoisotopic (exact) mass is 521 g/mol. The Balaban J connectivity index is 1.42. The van der Waals surface area contributed by atoms with Gasteiger partial charge in [-0.2, -0.15) is 16.6 Å². The molecule has 8 heteroatoms. The standard InChI is InChI=1S/C27H24ClN3O2S2/c28-22-3-1-2-4-24(22)35-25-23(32)15-27(30-26(25)33,20-11-14-34-17-20)19-5-7-21(8-6-19)31-12-9-18(16-29)10-13-31/h1-8,11,14,17-18,25H,9-10,12-13,15H2,(H,30,33). The summed E-state index contributed by atoms with van der Waals surface area (Å²) in [5.41, 5.74) is 1.98. The van der Waals surface area contributed by atoms with Gasteiger partial charge in [0.2, 0.25) is 5.91 Å². The third-order valence-electron chi connectivity index (χ3n) is 6.80. The first-order valence-corrected chi connectivity index (χ1v) is 13.7. The fourth-order valence-electron chi connectivity index (χ4n) is 4.85. The highest BCUT2D eigenvalue weighted by Gasteiger charge is 2.47. The summed E-state index contributed by atoms with van der Waals surface area (Å²) in [6.45, 7) is 1.70. The van der Waals surface area contributed by atoms with Crippen LogP contribution in [0.1, 0.15) is 30.4 Å². The van der Waals surface area contributed by atoms with Crippen molar-refractivity contribution in [3.63, 3.8) is 0 Å². The summed E-state index contributed by atoms with van der Waals surface area (Å²) in [6, 6.07) is 19.7. The van der Waals surface area contributed by atoms with Crippen molar-refractivity contribution >= 4 is 52.1 Å². The number of hydrogen-bond acceptors (Lipinski definition) is 6. The van der Waals surface area contributed by atoms with Gasteiger partial charge in [-0.15, -0.1) is 11.8 Å². The molecule has 3 heterocycles. The van der Waals surface area contributed by atoms with E-state index in [0.717, 1.165) is 47.6 Å². The number of nitrogens with one attached hydrogen (secondary N) is 1. The Kier molecular flexibility index (Phi) is 6.88. The van der Waals surface area contributed by atoms with Gasteiger partial charge >= 0.3 is 0 Å². The number of carbonyl (C=O) groups is 2. The number of thiophene rings is 1. The van der Waals surface area contributed by atoms with E-state index in [9.17, 15) is 9.59 Å². The number of carbonyl (C=O) groups excluding carboxylic acids is 2. The number of amides is 1. The van der Waals surface area contributed by atoms with Gasteiger partial charge in [0.05, 0.1) is 16.6 Å². The van der Waals surface area contributed by atoms with E-state index in [4.69, 9.17) is 16.9 Å². The second kappa shape index (κ2) is 10.1. The number of nitriles is 1. The molecule has 1 N–H and O–H groups in total. The van der Waals surface area contributed by atoms with Crippen LogP contribution in [0, 0.1) is 17.2 Å². The molecule has 5 nitrogen and oxygen atoms in total. The zero-order chi connectivity index (χ0) is 24.4. The molecule has 2 aromatic carbocycles. The summed E-state index contributed by atoms with van der Waals surface area (Å²) in [7, 11) is 0. The second-order valence-electron chi connectivity index (χ2n) is 8.92. The van der Waals surface area contributed by atoms with Crippen LogP contribution in [0.25, 0.3) is 0 Å². The van der Waals surface area contributed by atoms with Crippen LogP contribution in [-0.4, -0.2) is 30.0 Å². The van der Waals surface area contributed by atoms with Crippen LogP contribution >= 0.6 is 34.7 Å². The van der Waals surface area contributed by atoms with E-state index in [2.05, 4.69) is 28.4 Å². The maximum Gasteiger partial charge on any atom is 0.242 e. The molecular formula is C27H24ClN3O2S2.